The van der Waals surface area contributed by atoms with Gasteiger partial charge in [-0.3, -0.25) is 14.8 Å². The Kier molecular flexibility index (Phi) is 7.35. The molecule has 35 heavy (non-hydrogen) atoms. The van der Waals surface area contributed by atoms with Gasteiger partial charge in [0.2, 0.25) is 0 Å². The Labute approximate surface area is 212 Å². The standard InChI is InChI=1S/C25H23Cl2N5O3/c1-32(2)13-14-5-8-19(30-12-14)31-25(33)16-7-6-15(23-24(16)29-10-9-28-23)20-21(26)17(34-3)11-18(35-4)22(20)27/h5-12H,13H2,1-4H3,(H,30,31,33). The van der Waals surface area contributed by atoms with Crippen LogP contribution in [0.4, 0.5) is 5.82 Å². The number of ether oxygens (including phenoxy) is 2. The first-order valence-corrected chi connectivity index (χ1v) is 11.3. The van der Waals surface area contributed by atoms with Gasteiger partial charge in [0.15, 0.2) is 0 Å². The number of fused-ring (bicyclic) bond motifs is 1. The summed E-state index contributed by atoms with van der Waals surface area (Å²) in [4.78, 5) is 28.4. The summed E-state index contributed by atoms with van der Waals surface area (Å²) in [5.74, 6) is 0.855. The van der Waals surface area contributed by atoms with Crippen LogP contribution in [0.2, 0.25) is 10.0 Å². The lowest BCUT2D eigenvalue weighted by molar-refractivity contribution is 0.102. The molecule has 2 heterocycles. The summed E-state index contributed by atoms with van der Waals surface area (Å²) in [6, 6.07) is 8.68. The molecular weight excluding hydrogens is 489 g/mol. The van der Waals surface area contributed by atoms with Crippen molar-refractivity contribution in [2.45, 2.75) is 6.54 Å². The minimum absolute atomic E-state index is 0.296. The summed E-state index contributed by atoms with van der Waals surface area (Å²) in [7, 11) is 6.97. The van der Waals surface area contributed by atoms with Gasteiger partial charge in [0.05, 0.1) is 35.3 Å². The van der Waals surface area contributed by atoms with Crippen LogP contribution in [0.15, 0.2) is 48.9 Å². The normalized spacial score (nSPS) is 11.1. The highest BCUT2D eigenvalue weighted by Gasteiger charge is 2.23. The average molecular weight is 512 g/mol. The first-order valence-electron chi connectivity index (χ1n) is 10.6. The Balaban J connectivity index is 1.76. The number of nitrogens with zero attached hydrogens (tertiary/aromatic N) is 4. The quantitative estimate of drug-likeness (QED) is 0.358. The summed E-state index contributed by atoms with van der Waals surface area (Å²) in [6.07, 6.45) is 4.79. The number of halogens is 2. The third kappa shape index (κ3) is 5.00. The highest BCUT2D eigenvalue weighted by molar-refractivity contribution is 6.41. The third-order valence-electron chi connectivity index (χ3n) is 5.28. The summed E-state index contributed by atoms with van der Waals surface area (Å²) < 4.78 is 10.8. The van der Waals surface area contributed by atoms with E-state index in [1.54, 1.807) is 30.5 Å². The fourth-order valence-corrected chi connectivity index (χ4v) is 4.41. The molecule has 0 radical (unpaired) electrons. The van der Waals surface area contributed by atoms with Crippen molar-refractivity contribution in [3.8, 4) is 22.6 Å². The molecule has 0 unspecified atom stereocenters. The molecule has 0 saturated carbocycles. The topological polar surface area (TPSA) is 89.5 Å². The number of amides is 1. The lowest BCUT2D eigenvalue weighted by Gasteiger charge is -2.16. The molecule has 0 aliphatic heterocycles. The molecular formula is C25H23Cl2N5O3. The molecule has 10 heteroatoms. The van der Waals surface area contributed by atoms with Crippen LogP contribution in [0.1, 0.15) is 15.9 Å². The number of rotatable bonds is 7. The van der Waals surface area contributed by atoms with Crippen LogP contribution in [-0.2, 0) is 6.54 Å². The van der Waals surface area contributed by atoms with Gasteiger partial charge in [-0.15, -0.1) is 0 Å². The van der Waals surface area contributed by atoms with Crippen LogP contribution >= 0.6 is 23.2 Å². The Morgan fingerprint density at radius 1 is 0.943 bits per heavy atom. The van der Waals surface area contributed by atoms with Crippen LogP contribution in [0, 0.1) is 0 Å². The molecule has 2 aromatic carbocycles. The number of carbonyl (C=O) groups excluding carboxylic acids is 1. The Bertz CT molecular complexity index is 1370. The highest BCUT2D eigenvalue weighted by atomic mass is 35.5. The van der Waals surface area contributed by atoms with E-state index in [-0.39, 0.29) is 5.91 Å². The second-order valence-corrected chi connectivity index (χ2v) is 8.70. The molecule has 0 fully saturated rings. The zero-order chi connectivity index (χ0) is 25.1. The largest absolute Gasteiger partial charge is 0.495 e. The fraction of sp³-hybridized carbons (Fsp3) is 0.200. The van der Waals surface area contributed by atoms with E-state index in [4.69, 9.17) is 32.7 Å². The van der Waals surface area contributed by atoms with E-state index in [9.17, 15) is 4.79 Å². The zero-order valence-corrected chi connectivity index (χ0v) is 21.1. The van der Waals surface area contributed by atoms with E-state index in [0.717, 1.165) is 12.1 Å². The van der Waals surface area contributed by atoms with Crippen molar-refractivity contribution in [1.82, 2.24) is 19.9 Å². The second-order valence-electron chi connectivity index (χ2n) is 7.94. The smallest absolute Gasteiger partial charge is 0.259 e. The van der Waals surface area contributed by atoms with Crippen molar-refractivity contribution in [3.05, 3.63) is 70.1 Å². The van der Waals surface area contributed by atoms with E-state index in [1.165, 1.54) is 26.6 Å². The van der Waals surface area contributed by atoms with E-state index in [1.807, 2.05) is 25.1 Å². The van der Waals surface area contributed by atoms with Gasteiger partial charge >= 0.3 is 0 Å². The van der Waals surface area contributed by atoms with Crippen molar-refractivity contribution in [3.63, 3.8) is 0 Å². The maximum atomic E-state index is 13.2. The van der Waals surface area contributed by atoms with Crippen LogP contribution in [0.25, 0.3) is 22.2 Å². The van der Waals surface area contributed by atoms with Gasteiger partial charge in [-0.1, -0.05) is 35.3 Å². The molecule has 0 bridgehead atoms. The van der Waals surface area contributed by atoms with Crippen molar-refractivity contribution < 1.29 is 14.3 Å². The molecule has 8 nitrogen and oxygen atoms in total. The number of benzene rings is 2. The molecule has 180 valence electrons. The van der Waals surface area contributed by atoms with Gasteiger partial charge in [0.25, 0.3) is 5.91 Å². The monoisotopic (exact) mass is 511 g/mol. The summed E-state index contributed by atoms with van der Waals surface area (Å²) >= 11 is 13.3. The zero-order valence-electron chi connectivity index (χ0n) is 19.6. The first kappa shape index (κ1) is 24.7. The molecule has 0 atom stereocenters. The molecule has 0 spiro atoms. The van der Waals surface area contributed by atoms with Crippen LogP contribution < -0.4 is 14.8 Å². The van der Waals surface area contributed by atoms with E-state index >= 15 is 0 Å². The van der Waals surface area contributed by atoms with Crippen molar-refractivity contribution in [2.24, 2.45) is 0 Å². The lowest BCUT2D eigenvalue weighted by Crippen LogP contribution is -2.15. The predicted molar refractivity (Wildman–Crippen MR) is 138 cm³/mol. The summed E-state index contributed by atoms with van der Waals surface area (Å²) in [5.41, 5.74) is 3.27. The highest BCUT2D eigenvalue weighted by Crippen LogP contribution is 2.47. The molecule has 1 amide bonds. The molecule has 4 rings (SSSR count). The minimum Gasteiger partial charge on any atom is -0.495 e. The number of hydrogen-bond donors (Lipinski definition) is 1. The van der Waals surface area contributed by atoms with Crippen LogP contribution in [0.5, 0.6) is 11.5 Å². The molecule has 0 saturated heterocycles. The molecule has 4 aromatic rings. The number of anilines is 1. The van der Waals surface area contributed by atoms with Gasteiger partial charge in [-0.05, 0) is 31.8 Å². The van der Waals surface area contributed by atoms with E-state index in [0.29, 0.717) is 55.1 Å². The molecule has 2 aromatic heterocycles. The number of aromatic nitrogens is 3. The maximum Gasteiger partial charge on any atom is 0.259 e. The van der Waals surface area contributed by atoms with Gasteiger partial charge in [-0.25, -0.2) is 4.98 Å². The minimum atomic E-state index is -0.365. The number of methoxy groups -OCH3 is 2. The van der Waals surface area contributed by atoms with Crippen molar-refractivity contribution >= 4 is 46.0 Å². The lowest BCUT2D eigenvalue weighted by atomic mass is 9.99. The van der Waals surface area contributed by atoms with E-state index in [2.05, 4.69) is 20.3 Å². The number of hydrogen-bond acceptors (Lipinski definition) is 7. The van der Waals surface area contributed by atoms with Crippen LogP contribution in [0.3, 0.4) is 0 Å². The van der Waals surface area contributed by atoms with Gasteiger partial charge < -0.3 is 19.7 Å². The summed E-state index contributed by atoms with van der Waals surface area (Å²) in [5, 5.41) is 3.42. The number of carbonyl (C=O) groups is 1. The van der Waals surface area contributed by atoms with Crippen molar-refractivity contribution in [2.75, 3.05) is 33.6 Å². The molecule has 0 aliphatic carbocycles. The fourth-order valence-electron chi connectivity index (χ4n) is 3.70. The van der Waals surface area contributed by atoms with Crippen LogP contribution in [-0.4, -0.2) is 54.1 Å². The Hall–Kier alpha value is -3.46. The number of nitrogens with one attached hydrogen (secondary N) is 1. The van der Waals surface area contributed by atoms with Gasteiger partial charge in [0, 0.05) is 42.3 Å². The third-order valence-corrected chi connectivity index (χ3v) is 6.03. The maximum absolute atomic E-state index is 13.2. The molecule has 0 aliphatic rings. The van der Waals surface area contributed by atoms with Gasteiger partial charge in [0.1, 0.15) is 22.8 Å². The number of pyridine rings is 1. The van der Waals surface area contributed by atoms with Gasteiger partial charge in [-0.2, -0.15) is 0 Å². The second kappa shape index (κ2) is 10.4. The van der Waals surface area contributed by atoms with Crippen molar-refractivity contribution in [1.29, 1.82) is 0 Å². The average Bonchev–Trinajstić information content (AvgIpc) is 2.85. The Morgan fingerprint density at radius 2 is 1.60 bits per heavy atom. The molecule has 1 N–H and O–H groups in total. The Morgan fingerprint density at radius 3 is 2.17 bits per heavy atom. The van der Waals surface area contributed by atoms with E-state index < -0.39 is 0 Å². The first-order chi connectivity index (χ1) is 16.8. The summed E-state index contributed by atoms with van der Waals surface area (Å²) in [6.45, 7) is 0.753. The predicted octanol–water partition coefficient (Wildman–Crippen LogP) is 5.33. The SMILES string of the molecule is COc1cc(OC)c(Cl)c(-c2ccc(C(=O)Nc3ccc(CN(C)C)cn3)c3nccnc23)c1Cl.